The van der Waals surface area contributed by atoms with Gasteiger partial charge >= 0.3 is 9.05 Å². The molecule has 6 heteroatoms. The summed E-state index contributed by atoms with van der Waals surface area (Å²) in [6.45, 7) is 0. The summed E-state index contributed by atoms with van der Waals surface area (Å²) in [7, 11) is -4.61. The first kappa shape index (κ1) is 9.82. The summed E-state index contributed by atoms with van der Waals surface area (Å²) in [5.74, 6) is 0. The molecule has 0 aromatic heterocycles. The summed E-state index contributed by atoms with van der Waals surface area (Å²) in [5, 5.41) is 0. The van der Waals surface area contributed by atoms with Gasteiger partial charge in [-0.2, -0.15) is 0 Å². The third-order valence-corrected chi connectivity index (χ3v) is 0. The monoisotopic (exact) mass is 103 g/mol. The van der Waals surface area contributed by atoms with Crippen LogP contribution in [0.15, 0.2) is 0 Å². The van der Waals surface area contributed by atoms with Crippen molar-refractivity contribution in [3.05, 3.63) is 0 Å². The molecule has 0 unspecified atom stereocenters. The van der Waals surface area contributed by atoms with Gasteiger partial charge in [0.25, 0.3) is 0 Å². The van der Waals surface area contributed by atoms with Crippen LogP contribution in [0.4, 0.5) is 0 Å². The number of hydrogen-bond donors (Lipinski definition) is 4. The molecule has 0 aromatic carbocycles. The molecule has 0 atom stereocenters. The average Bonchev–Trinajstić information content (AvgIpc) is 0.722. The van der Waals surface area contributed by atoms with Crippen LogP contribution in [0.5, 0.6) is 0 Å². The number of rotatable bonds is 0. The quantitative estimate of drug-likeness (QED) is 0.246. The normalized spacial score (nSPS) is 10.0. The van der Waals surface area contributed by atoms with Crippen LogP contribution in [0, 0.1) is 0 Å². The Morgan fingerprint density at radius 1 is 0.833 bits per heavy atom. The maximum atomic E-state index is 7.33. The Labute approximate surface area is 47.7 Å². The van der Waals surface area contributed by atoms with Gasteiger partial charge in [0.15, 0.2) is 0 Å². The van der Waals surface area contributed by atoms with Crippen LogP contribution in [-0.2, 0) is 0 Å². The molecule has 4 N–H and O–H groups in total. The van der Waals surface area contributed by atoms with E-state index in [4.69, 9.17) is 19.2 Å². The molecule has 0 aromatic rings. The van der Waals surface area contributed by atoms with Crippen LogP contribution in [0.3, 0.4) is 0 Å². The van der Waals surface area contributed by atoms with E-state index < -0.39 is 9.05 Å². The van der Waals surface area contributed by atoms with Crippen molar-refractivity contribution in [3.63, 3.8) is 0 Å². The molecule has 0 rings (SSSR count). The third-order valence-electron chi connectivity index (χ3n) is 0. The van der Waals surface area contributed by atoms with E-state index in [1.807, 2.05) is 0 Å². The summed E-state index contributed by atoms with van der Waals surface area (Å²) in [6, 6.07) is 0. The first-order chi connectivity index (χ1) is 2.00. The van der Waals surface area contributed by atoms with E-state index >= 15 is 0 Å². The van der Waals surface area contributed by atoms with Gasteiger partial charge in [-0.25, -0.2) is 0 Å². The molecule has 6 heavy (non-hydrogen) atoms. The van der Waals surface area contributed by atoms with Crippen molar-refractivity contribution < 1.29 is 19.2 Å². The molecule has 0 fully saturated rings. The largest absolute Gasteiger partial charge is 0.668 e. The molecule has 0 heterocycles. The molecule has 0 saturated carbocycles. The van der Waals surface area contributed by atoms with Crippen molar-refractivity contribution in [2.45, 2.75) is 0 Å². The van der Waals surface area contributed by atoms with Gasteiger partial charge in [-0.15, -0.1) is 0 Å². The number of hydrogen-bond acceptors (Lipinski definition) is 4. The molecule has 1 radical (unpaired) electrons. The first-order valence-corrected chi connectivity index (χ1v) is 2.68. The molecule has 33 valence electrons. The Bertz CT molecular complexity index is 23.0. The summed E-state index contributed by atoms with van der Waals surface area (Å²) < 4.78 is 0. The van der Waals surface area contributed by atoms with Gasteiger partial charge in [-0.3, -0.25) is 0 Å². The van der Waals surface area contributed by atoms with Crippen LogP contribution in [0.2, 0.25) is 0 Å². The Hall–Kier alpha value is 0.654. The molecule has 0 amide bonds. The van der Waals surface area contributed by atoms with Crippen LogP contribution in [0.1, 0.15) is 0 Å². The fourth-order valence-electron chi connectivity index (χ4n) is 0. The van der Waals surface area contributed by atoms with Crippen molar-refractivity contribution in [1.82, 2.24) is 0 Å². The topological polar surface area (TPSA) is 80.9 Å². The molecule has 0 aliphatic carbocycles. The molecule has 4 nitrogen and oxygen atoms in total. The molecular weight excluding hydrogens is 99.0 g/mol. The van der Waals surface area contributed by atoms with Crippen LogP contribution in [-0.4, -0.2) is 47.1 Å². The predicted molar refractivity (Wildman–Crippen MR) is 20.4 cm³/mol. The average molecular weight is 103 g/mol. The van der Waals surface area contributed by atoms with E-state index in [1.54, 1.807) is 0 Å². The van der Waals surface area contributed by atoms with E-state index in [0.29, 0.717) is 0 Å². The Kier molecular flexibility index (Phi) is 4.53. The fourth-order valence-corrected chi connectivity index (χ4v) is 0. The second-order valence-electron chi connectivity index (χ2n) is 0.600. The second-order valence-corrected chi connectivity index (χ2v) is 1.80. The fraction of sp³-hybridized carbons (Fsp3) is 0. The molecule has 0 bridgehead atoms. The molecule has 0 aliphatic heterocycles. The van der Waals surface area contributed by atoms with Crippen molar-refractivity contribution in [2.75, 3.05) is 0 Å². The Morgan fingerprint density at radius 3 is 0.833 bits per heavy atom. The van der Waals surface area contributed by atoms with Crippen molar-refractivity contribution in [3.8, 4) is 0 Å². The zero-order valence-electron chi connectivity index (χ0n) is 3.29. The van der Waals surface area contributed by atoms with Crippen LogP contribution in [0.25, 0.3) is 0 Å². The molecule has 0 spiro atoms. The molecule has 0 saturated heterocycles. The summed E-state index contributed by atoms with van der Waals surface area (Å²) >= 11 is 0. The van der Waals surface area contributed by atoms with Crippen molar-refractivity contribution in [2.24, 2.45) is 0 Å². The third kappa shape index (κ3) is 145. The predicted octanol–water partition coefficient (Wildman–Crippen LogP) is -2.99. The van der Waals surface area contributed by atoms with E-state index in [-0.39, 0.29) is 18.9 Å². The van der Waals surface area contributed by atoms with E-state index in [1.165, 1.54) is 0 Å². The Balaban J connectivity index is 0. The molecule has 0 aliphatic rings. The van der Waals surface area contributed by atoms with Gasteiger partial charge in [-0.05, 0) is 0 Å². The van der Waals surface area contributed by atoms with Crippen molar-refractivity contribution in [1.29, 1.82) is 0 Å². The summed E-state index contributed by atoms with van der Waals surface area (Å²) in [4.78, 5) is 29.3. The summed E-state index contributed by atoms with van der Waals surface area (Å²) in [6.07, 6.45) is 0. The van der Waals surface area contributed by atoms with Gasteiger partial charge in [0.2, 0.25) is 0 Å². The Morgan fingerprint density at radius 2 is 0.833 bits per heavy atom. The van der Waals surface area contributed by atoms with Gasteiger partial charge < -0.3 is 19.2 Å². The minimum Gasteiger partial charge on any atom is -0.368 e. The smallest absolute Gasteiger partial charge is 0.368 e. The molecular formula is H4LiO4Si. The van der Waals surface area contributed by atoms with Gasteiger partial charge in [-0.1, -0.05) is 0 Å². The minimum atomic E-state index is -4.61. The SMILES string of the molecule is O[Si](O)(O)O.[Li]. The summed E-state index contributed by atoms with van der Waals surface area (Å²) in [5.41, 5.74) is 0. The van der Waals surface area contributed by atoms with E-state index in [9.17, 15) is 0 Å². The van der Waals surface area contributed by atoms with E-state index in [0.717, 1.165) is 0 Å². The first-order valence-electron chi connectivity index (χ1n) is 0.894. The maximum absolute atomic E-state index is 7.33. The minimum absolute atomic E-state index is 0. The second kappa shape index (κ2) is 2.77. The standard InChI is InChI=1S/Li.H4O4Si/c;1-5(2,3)4/h;1-4H. The van der Waals surface area contributed by atoms with Gasteiger partial charge in [0.1, 0.15) is 0 Å². The van der Waals surface area contributed by atoms with Gasteiger partial charge in [0, 0.05) is 18.9 Å². The maximum Gasteiger partial charge on any atom is 0.668 e. The van der Waals surface area contributed by atoms with Crippen molar-refractivity contribution >= 4 is 27.9 Å². The zero-order chi connectivity index (χ0) is 4.50. The van der Waals surface area contributed by atoms with Crippen LogP contribution >= 0.6 is 0 Å². The zero-order valence-corrected chi connectivity index (χ0v) is 4.29. The van der Waals surface area contributed by atoms with E-state index in [2.05, 4.69) is 0 Å². The van der Waals surface area contributed by atoms with Crippen LogP contribution < -0.4 is 0 Å². The van der Waals surface area contributed by atoms with Gasteiger partial charge in [0.05, 0.1) is 0 Å².